The van der Waals surface area contributed by atoms with Crippen LogP contribution in [0.1, 0.15) is 24.8 Å². The van der Waals surface area contributed by atoms with E-state index in [0.717, 1.165) is 24.7 Å². The molecule has 0 N–H and O–H groups in total. The van der Waals surface area contributed by atoms with Gasteiger partial charge in [0.1, 0.15) is 5.75 Å². The lowest BCUT2D eigenvalue weighted by Gasteiger charge is -2.27. The van der Waals surface area contributed by atoms with Crippen molar-refractivity contribution in [2.24, 2.45) is 0 Å². The molecular weight excluding hydrogens is 354 g/mol. The highest BCUT2D eigenvalue weighted by atomic mass is 32.2. The zero-order valence-electron chi connectivity index (χ0n) is 14.6. The van der Waals surface area contributed by atoms with Crippen molar-refractivity contribution in [2.45, 2.75) is 25.8 Å². The molecule has 0 radical (unpaired) electrons. The first-order valence-electron chi connectivity index (χ1n) is 8.44. The highest BCUT2D eigenvalue weighted by molar-refractivity contribution is 7.86. The summed E-state index contributed by atoms with van der Waals surface area (Å²) < 4.78 is 34.1. The average Bonchev–Trinajstić information content (AvgIpc) is 2.59. The number of benzene rings is 2. The van der Waals surface area contributed by atoms with Crippen LogP contribution >= 0.6 is 0 Å². The molecule has 1 fully saturated rings. The number of piperidine rings is 1. The van der Waals surface area contributed by atoms with Gasteiger partial charge in [0.15, 0.2) is 11.5 Å². The summed E-state index contributed by atoms with van der Waals surface area (Å²) in [7, 11) is -3.71. The lowest BCUT2D eigenvalue weighted by molar-refractivity contribution is -0.133. The summed E-state index contributed by atoms with van der Waals surface area (Å²) in [5.41, 5.74) is 0.791. The van der Waals surface area contributed by atoms with E-state index >= 15 is 0 Å². The number of carbonyl (C=O) groups is 1. The average molecular weight is 375 g/mol. The maximum Gasteiger partial charge on any atom is 0.306 e. The minimum Gasteiger partial charge on any atom is -0.453 e. The van der Waals surface area contributed by atoms with Crippen LogP contribution in [-0.4, -0.2) is 32.0 Å². The van der Waals surface area contributed by atoms with Gasteiger partial charge in [-0.2, -0.15) is 8.42 Å². The number of nitrogens with zero attached hydrogens (tertiary/aromatic N) is 1. The molecule has 0 unspecified atom stereocenters. The van der Waals surface area contributed by atoms with Gasteiger partial charge in [-0.25, -0.2) is 0 Å². The first-order chi connectivity index (χ1) is 12.4. The van der Waals surface area contributed by atoms with Gasteiger partial charge in [-0.3, -0.25) is 4.79 Å². The van der Waals surface area contributed by atoms with Gasteiger partial charge in [0.2, 0.25) is 5.91 Å². The Morgan fingerprint density at radius 1 is 1.04 bits per heavy atom. The highest BCUT2D eigenvalue weighted by Crippen LogP contribution is 2.34. The minimum absolute atomic E-state index is 0.110. The molecule has 1 heterocycles. The fourth-order valence-corrected chi connectivity index (χ4v) is 3.28. The van der Waals surface area contributed by atoms with Crippen LogP contribution in [0.5, 0.6) is 17.2 Å². The molecule has 0 spiro atoms. The van der Waals surface area contributed by atoms with Gasteiger partial charge in [0.25, 0.3) is 0 Å². The van der Waals surface area contributed by atoms with Crippen LogP contribution in [0.15, 0.2) is 48.5 Å². The van der Waals surface area contributed by atoms with E-state index in [9.17, 15) is 13.2 Å². The van der Waals surface area contributed by atoms with Crippen LogP contribution in [0.2, 0.25) is 0 Å². The molecule has 0 saturated carbocycles. The molecule has 1 amide bonds. The molecule has 2 aromatic rings. The fourth-order valence-electron chi connectivity index (χ4n) is 2.83. The summed E-state index contributed by atoms with van der Waals surface area (Å²) in [6.07, 6.45) is 3.44. The van der Waals surface area contributed by atoms with Crippen LogP contribution in [0.4, 0.5) is 0 Å². The van der Waals surface area contributed by atoms with E-state index in [1.165, 1.54) is 0 Å². The predicted molar refractivity (Wildman–Crippen MR) is 97.7 cm³/mol. The van der Waals surface area contributed by atoms with Gasteiger partial charge in [-0.05, 0) is 42.7 Å². The zero-order valence-corrected chi connectivity index (χ0v) is 15.4. The Labute approximate surface area is 153 Å². The van der Waals surface area contributed by atoms with Gasteiger partial charge >= 0.3 is 10.1 Å². The number of rotatable bonds is 6. The Kier molecular flexibility index (Phi) is 5.46. The summed E-state index contributed by atoms with van der Waals surface area (Å²) in [4.78, 5) is 13.8. The molecule has 1 aliphatic heterocycles. The van der Waals surface area contributed by atoms with E-state index in [2.05, 4.69) is 0 Å². The molecular formula is C19H21NO5S. The number of hydrogen-bond acceptors (Lipinski definition) is 5. The molecule has 6 nitrogen and oxygen atoms in total. The van der Waals surface area contributed by atoms with Crippen molar-refractivity contribution < 1.29 is 22.1 Å². The van der Waals surface area contributed by atoms with Crippen LogP contribution in [0.25, 0.3) is 0 Å². The zero-order chi connectivity index (χ0) is 18.6. The van der Waals surface area contributed by atoms with Crippen LogP contribution < -0.4 is 8.92 Å². The first kappa shape index (κ1) is 18.3. The number of ether oxygens (including phenoxy) is 1. The van der Waals surface area contributed by atoms with E-state index < -0.39 is 10.1 Å². The second-order valence-electron chi connectivity index (χ2n) is 6.26. The quantitative estimate of drug-likeness (QED) is 0.724. The molecule has 3 rings (SSSR count). The topological polar surface area (TPSA) is 72.9 Å². The van der Waals surface area contributed by atoms with E-state index in [-0.39, 0.29) is 11.7 Å². The molecule has 1 saturated heterocycles. The standard InChI is InChI=1S/C19H21NO5S/c1-26(22,23)25-18-13-15(14-20-12-6-5-9-19(20)21)10-11-17(18)24-16-7-3-2-4-8-16/h2-4,7-8,10-11,13H,5-6,9,12,14H2,1H3. The monoisotopic (exact) mass is 375 g/mol. The third kappa shape index (κ3) is 4.98. The van der Waals surface area contributed by atoms with Gasteiger partial charge in [-0.1, -0.05) is 24.3 Å². The van der Waals surface area contributed by atoms with Gasteiger partial charge < -0.3 is 13.8 Å². The lowest BCUT2D eigenvalue weighted by atomic mass is 10.1. The summed E-state index contributed by atoms with van der Waals surface area (Å²) in [6, 6.07) is 14.1. The van der Waals surface area contributed by atoms with Crippen molar-refractivity contribution in [3.63, 3.8) is 0 Å². The Bertz CT molecular complexity index is 880. The Hall–Kier alpha value is -2.54. The maximum atomic E-state index is 12.0. The molecule has 1 aliphatic rings. The number of likely N-dealkylation sites (tertiary alicyclic amines) is 1. The SMILES string of the molecule is CS(=O)(=O)Oc1cc(CN2CCCCC2=O)ccc1Oc1ccccc1. The smallest absolute Gasteiger partial charge is 0.306 e. The number of hydrogen-bond donors (Lipinski definition) is 0. The molecule has 0 aliphatic carbocycles. The van der Waals surface area contributed by atoms with Crippen molar-refractivity contribution in [3.05, 3.63) is 54.1 Å². The molecule has 0 atom stereocenters. The van der Waals surface area contributed by atoms with E-state index in [1.807, 2.05) is 24.3 Å². The number of para-hydroxylation sites is 1. The molecule has 26 heavy (non-hydrogen) atoms. The summed E-state index contributed by atoms with van der Waals surface area (Å²) >= 11 is 0. The van der Waals surface area contributed by atoms with Gasteiger partial charge in [-0.15, -0.1) is 0 Å². The van der Waals surface area contributed by atoms with Crippen LogP contribution in [-0.2, 0) is 21.5 Å². The fraction of sp³-hybridized carbons (Fsp3) is 0.316. The first-order valence-corrected chi connectivity index (χ1v) is 10.3. The normalized spacial score (nSPS) is 15.0. The van der Waals surface area contributed by atoms with Crippen molar-refractivity contribution in [3.8, 4) is 17.2 Å². The molecule has 138 valence electrons. The molecule has 7 heteroatoms. The Balaban J connectivity index is 1.86. The largest absolute Gasteiger partial charge is 0.453 e. The predicted octanol–water partition coefficient (Wildman–Crippen LogP) is 3.33. The minimum atomic E-state index is -3.71. The third-order valence-electron chi connectivity index (χ3n) is 4.02. The van der Waals surface area contributed by atoms with E-state index in [1.54, 1.807) is 29.2 Å². The van der Waals surface area contributed by atoms with Crippen LogP contribution in [0, 0.1) is 0 Å². The lowest BCUT2D eigenvalue weighted by Crippen LogP contribution is -2.34. The second kappa shape index (κ2) is 7.78. The second-order valence-corrected chi connectivity index (χ2v) is 7.83. The molecule has 0 bridgehead atoms. The van der Waals surface area contributed by atoms with Crippen LogP contribution in [0.3, 0.4) is 0 Å². The van der Waals surface area contributed by atoms with Crippen molar-refractivity contribution in [2.75, 3.05) is 12.8 Å². The molecule has 0 aromatic heterocycles. The van der Waals surface area contributed by atoms with E-state index in [4.69, 9.17) is 8.92 Å². The van der Waals surface area contributed by atoms with Gasteiger partial charge in [0.05, 0.1) is 6.26 Å². The summed E-state index contributed by atoms with van der Waals surface area (Å²) in [6.45, 7) is 1.13. The van der Waals surface area contributed by atoms with Gasteiger partial charge in [0, 0.05) is 19.5 Å². The highest BCUT2D eigenvalue weighted by Gasteiger charge is 2.19. The van der Waals surface area contributed by atoms with Crippen molar-refractivity contribution in [1.29, 1.82) is 0 Å². The number of carbonyl (C=O) groups excluding carboxylic acids is 1. The summed E-state index contributed by atoms with van der Waals surface area (Å²) in [5, 5.41) is 0. The van der Waals surface area contributed by atoms with Crippen molar-refractivity contribution >= 4 is 16.0 Å². The Morgan fingerprint density at radius 3 is 2.50 bits per heavy atom. The maximum absolute atomic E-state index is 12.0. The van der Waals surface area contributed by atoms with Crippen molar-refractivity contribution in [1.82, 2.24) is 4.90 Å². The number of amides is 1. The van der Waals surface area contributed by atoms with E-state index in [0.29, 0.717) is 31.0 Å². The summed E-state index contributed by atoms with van der Waals surface area (Å²) in [5.74, 6) is 1.10. The Morgan fingerprint density at radius 2 is 1.81 bits per heavy atom. The molecule has 2 aromatic carbocycles. The third-order valence-corrected chi connectivity index (χ3v) is 4.50.